The van der Waals surface area contributed by atoms with E-state index in [9.17, 15) is 14.4 Å². The second kappa shape index (κ2) is 8.41. The summed E-state index contributed by atoms with van der Waals surface area (Å²) >= 11 is 9.71. The number of hydrazine groups is 1. The zero-order valence-corrected chi connectivity index (χ0v) is 19.9. The fourth-order valence-corrected chi connectivity index (χ4v) is 5.08. The van der Waals surface area contributed by atoms with Gasteiger partial charge in [0.25, 0.3) is 11.8 Å². The number of anilines is 1. The van der Waals surface area contributed by atoms with E-state index in [1.807, 2.05) is 37.3 Å². The van der Waals surface area contributed by atoms with Gasteiger partial charge in [-0.15, -0.1) is 0 Å². The summed E-state index contributed by atoms with van der Waals surface area (Å²) in [6, 6.07) is 19.8. The van der Waals surface area contributed by atoms with Crippen LogP contribution in [-0.2, 0) is 9.59 Å². The van der Waals surface area contributed by atoms with Crippen LogP contribution >= 0.6 is 27.5 Å². The predicted octanol–water partition coefficient (Wildman–Crippen LogP) is 4.67. The monoisotopic (exact) mass is 523 g/mol. The van der Waals surface area contributed by atoms with Gasteiger partial charge in [-0.3, -0.25) is 19.4 Å². The molecule has 0 saturated carbocycles. The predicted molar refractivity (Wildman–Crippen MR) is 129 cm³/mol. The van der Waals surface area contributed by atoms with Gasteiger partial charge in [-0.25, -0.2) is 10.3 Å². The molecule has 3 atom stereocenters. The first-order valence-electron chi connectivity index (χ1n) is 10.4. The molecule has 2 saturated heterocycles. The van der Waals surface area contributed by atoms with Gasteiger partial charge >= 0.3 is 0 Å². The van der Waals surface area contributed by atoms with E-state index >= 15 is 0 Å². The third-order valence-electron chi connectivity index (χ3n) is 6.05. The average molecular weight is 525 g/mol. The van der Waals surface area contributed by atoms with Gasteiger partial charge in [0, 0.05) is 10.0 Å². The van der Waals surface area contributed by atoms with E-state index in [4.69, 9.17) is 11.6 Å². The van der Waals surface area contributed by atoms with Gasteiger partial charge in [0.05, 0.1) is 22.7 Å². The molecule has 166 valence electrons. The molecule has 0 aliphatic carbocycles. The summed E-state index contributed by atoms with van der Waals surface area (Å²) in [6.45, 7) is 1.97. The molecule has 3 aromatic rings. The lowest BCUT2D eigenvalue weighted by atomic mass is 9.90. The number of carbonyl (C=O) groups excluding carboxylic acids is 3. The van der Waals surface area contributed by atoms with Crippen molar-refractivity contribution in [2.75, 3.05) is 4.90 Å². The number of hydrogen-bond donors (Lipinski definition) is 1. The Morgan fingerprint density at radius 2 is 1.70 bits per heavy atom. The highest BCUT2D eigenvalue weighted by molar-refractivity contribution is 9.10. The lowest BCUT2D eigenvalue weighted by molar-refractivity contribution is -0.123. The first-order chi connectivity index (χ1) is 15.9. The van der Waals surface area contributed by atoms with Gasteiger partial charge in [-0.05, 0) is 42.8 Å². The van der Waals surface area contributed by atoms with Crippen LogP contribution in [0.5, 0.6) is 0 Å². The Balaban J connectivity index is 1.60. The Morgan fingerprint density at radius 3 is 2.39 bits per heavy atom. The Kier molecular flexibility index (Phi) is 5.56. The van der Waals surface area contributed by atoms with E-state index < -0.39 is 23.9 Å². The number of nitrogens with one attached hydrogen (secondary N) is 1. The molecule has 2 heterocycles. The molecule has 8 heteroatoms. The second-order valence-corrected chi connectivity index (χ2v) is 9.46. The van der Waals surface area contributed by atoms with Crippen molar-refractivity contribution >= 4 is 50.9 Å². The molecule has 3 aromatic carbocycles. The molecule has 33 heavy (non-hydrogen) atoms. The van der Waals surface area contributed by atoms with E-state index in [0.29, 0.717) is 16.3 Å². The van der Waals surface area contributed by atoms with Crippen molar-refractivity contribution in [2.45, 2.75) is 19.0 Å². The quantitative estimate of drug-likeness (QED) is 0.506. The number of fused-ring (bicyclic) bond motifs is 1. The lowest BCUT2D eigenvalue weighted by Crippen LogP contribution is -2.48. The van der Waals surface area contributed by atoms with Crippen molar-refractivity contribution in [3.63, 3.8) is 0 Å². The van der Waals surface area contributed by atoms with Crippen molar-refractivity contribution in [3.05, 3.63) is 99.0 Å². The number of imide groups is 1. The summed E-state index contributed by atoms with van der Waals surface area (Å²) in [6.07, 6.45) is 0. The van der Waals surface area contributed by atoms with Crippen molar-refractivity contribution in [2.24, 2.45) is 5.92 Å². The highest BCUT2D eigenvalue weighted by Gasteiger charge is 2.60. The Morgan fingerprint density at radius 1 is 0.970 bits per heavy atom. The summed E-state index contributed by atoms with van der Waals surface area (Å²) in [5, 5.41) is 1.59. The summed E-state index contributed by atoms with van der Waals surface area (Å²) in [5.41, 5.74) is 5.77. The summed E-state index contributed by atoms with van der Waals surface area (Å²) < 4.78 is 0.741. The third-order valence-corrected chi connectivity index (χ3v) is 6.87. The Hall–Kier alpha value is -3.00. The van der Waals surface area contributed by atoms with Crippen LogP contribution in [0.2, 0.25) is 5.02 Å². The number of halogens is 2. The molecule has 0 bridgehead atoms. The third kappa shape index (κ3) is 3.66. The Bertz CT molecular complexity index is 1280. The molecule has 1 N–H and O–H groups in total. The van der Waals surface area contributed by atoms with E-state index in [1.165, 1.54) is 5.01 Å². The zero-order valence-electron chi connectivity index (χ0n) is 17.5. The SMILES string of the molecule is Cc1ccc([C@@H]2NN(C(=O)c3cccc(Br)c3)[C@@H]3C(=O)N(c4ccccc4Cl)C(=O)[C@@H]32)cc1. The van der Waals surface area contributed by atoms with Crippen LogP contribution in [0.4, 0.5) is 5.69 Å². The van der Waals surface area contributed by atoms with Crippen LogP contribution in [0.3, 0.4) is 0 Å². The topological polar surface area (TPSA) is 69.7 Å². The van der Waals surface area contributed by atoms with Crippen molar-refractivity contribution in [1.29, 1.82) is 0 Å². The van der Waals surface area contributed by atoms with Crippen LogP contribution in [0.25, 0.3) is 0 Å². The van der Waals surface area contributed by atoms with Crippen LogP contribution in [0, 0.1) is 12.8 Å². The molecule has 3 amide bonds. The first kappa shape index (κ1) is 21.8. The molecular formula is C25H19BrClN3O3. The van der Waals surface area contributed by atoms with Crippen molar-refractivity contribution in [1.82, 2.24) is 10.4 Å². The number of nitrogens with zero attached hydrogens (tertiary/aromatic N) is 2. The number of benzene rings is 3. The van der Waals surface area contributed by atoms with Gasteiger partial charge in [-0.1, -0.05) is 75.6 Å². The van der Waals surface area contributed by atoms with Gasteiger partial charge in [-0.2, -0.15) is 0 Å². The van der Waals surface area contributed by atoms with Gasteiger partial charge < -0.3 is 0 Å². The number of rotatable bonds is 3. The van der Waals surface area contributed by atoms with Crippen molar-refractivity contribution < 1.29 is 14.4 Å². The average Bonchev–Trinajstić information content (AvgIpc) is 3.31. The van der Waals surface area contributed by atoms with E-state index in [1.54, 1.807) is 42.5 Å². The molecule has 2 fully saturated rings. The second-order valence-electron chi connectivity index (χ2n) is 8.14. The molecule has 2 aliphatic rings. The normalized spacial score (nSPS) is 22.1. The highest BCUT2D eigenvalue weighted by atomic mass is 79.9. The maximum atomic E-state index is 13.6. The molecular weight excluding hydrogens is 506 g/mol. The zero-order chi connectivity index (χ0) is 23.3. The van der Waals surface area contributed by atoms with E-state index in [2.05, 4.69) is 21.4 Å². The first-order valence-corrected chi connectivity index (χ1v) is 11.6. The minimum absolute atomic E-state index is 0.295. The summed E-state index contributed by atoms with van der Waals surface area (Å²) in [4.78, 5) is 41.8. The summed E-state index contributed by atoms with van der Waals surface area (Å²) in [5.74, 6) is -2.04. The largest absolute Gasteiger partial charge is 0.274 e. The molecule has 0 aromatic heterocycles. The van der Waals surface area contributed by atoms with Gasteiger partial charge in [0.2, 0.25) is 5.91 Å². The van der Waals surface area contributed by atoms with E-state index in [0.717, 1.165) is 20.5 Å². The fraction of sp³-hybridized carbons (Fsp3) is 0.160. The number of aryl methyl sites for hydroxylation is 1. The standard InChI is InChI=1S/C25H19BrClN3O3/c1-14-9-11-15(12-10-14)21-20-22(30(28-21)23(31)16-5-4-6-17(26)13-16)25(33)29(24(20)32)19-8-3-2-7-18(19)27/h2-13,20-22,28H,1H3/t20-,21+,22+/m1/s1. The highest BCUT2D eigenvalue weighted by Crippen LogP contribution is 2.43. The van der Waals surface area contributed by atoms with Crippen LogP contribution < -0.4 is 10.3 Å². The van der Waals surface area contributed by atoms with E-state index in [-0.39, 0.29) is 11.8 Å². The van der Waals surface area contributed by atoms with Crippen LogP contribution in [0.15, 0.2) is 77.3 Å². The Labute approximate surface area is 204 Å². The minimum Gasteiger partial charge on any atom is -0.274 e. The number of hydrogen-bond acceptors (Lipinski definition) is 4. The van der Waals surface area contributed by atoms with Gasteiger partial charge in [0.1, 0.15) is 6.04 Å². The number of para-hydroxylation sites is 1. The van der Waals surface area contributed by atoms with Crippen LogP contribution in [-0.4, -0.2) is 28.8 Å². The van der Waals surface area contributed by atoms with Crippen molar-refractivity contribution in [3.8, 4) is 0 Å². The van der Waals surface area contributed by atoms with Crippen LogP contribution in [0.1, 0.15) is 27.5 Å². The maximum Gasteiger partial charge on any atom is 0.268 e. The smallest absolute Gasteiger partial charge is 0.268 e. The number of carbonyl (C=O) groups is 3. The number of amides is 3. The molecule has 5 rings (SSSR count). The molecule has 0 unspecified atom stereocenters. The minimum atomic E-state index is -0.994. The molecule has 0 radical (unpaired) electrons. The maximum absolute atomic E-state index is 13.6. The molecule has 0 spiro atoms. The summed E-state index contributed by atoms with van der Waals surface area (Å²) in [7, 11) is 0. The van der Waals surface area contributed by atoms with Gasteiger partial charge in [0.15, 0.2) is 0 Å². The lowest BCUT2D eigenvalue weighted by Gasteiger charge is -2.25. The molecule has 6 nitrogen and oxygen atoms in total. The fourth-order valence-electron chi connectivity index (χ4n) is 4.46. The molecule has 2 aliphatic heterocycles.